The van der Waals surface area contributed by atoms with Crippen LogP contribution in [-0.4, -0.2) is 52.0 Å². The SMILES string of the molecule is CNc1ncccc1C(=O)NC1CCc2nnc(C3CCOCC3)n2CC1. The molecule has 8 nitrogen and oxygen atoms in total. The molecule has 1 saturated heterocycles. The molecule has 27 heavy (non-hydrogen) atoms. The van der Waals surface area contributed by atoms with E-state index >= 15 is 0 Å². The quantitative estimate of drug-likeness (QED) is 0.851. The van der Waals surface area contributed by atoms with Crippen molar-refractivity contribution in [1.29, 1.82) is 0 Å². The van der Waals surface area contributed by atoms with E-state index in [1.807, 2.05) is 0 Å². The summed E-state index contributed by atoms with van der Waals surface area (Å²) < 4.78 is 7.74. The molecule has 1 atom stereocenters. The number of nitrogens with one attached hydrogen (secondary N) is 2. The third kappa shape index (κ3) is 3.80. The number of pyridine rings is 1. The second kappa shape index (κ2) is 8.04. The lowest BCUT2D eigenvalue weighted by Gasteiger charge is -2.22. The molecule has 0 radical (unpaired) electrons. The number of aryl methyl sites for hydroxylation is 1. The maximum absolute atomic E-state index is 12.7. The molecule has 0 bridgehead atoms. The molecule has 1 fully saturated rings. The first-order valence-electron chi connectivity index (χ1n) is 9.69. The van der Waals surface area contributed by atoms with Gasteiger partial charge in [-0.2, -0.15) is 0 Å². The number of rotatable bonds is 4. The van der Waals surface area contributed by atoms with Gasteiger partial charge in [0.15, 0.2) is 0 Å². The van der Waals surface area contributed by atoms with Gasteiger partial charge in [0.1, 0.15) is 17.5 Å². The second-order valence-corrected chi connectivity index (χ2v) is 7.16. The normalized spacial score (nSPS) is 20.6. The van der Waals surface area contributed by atoms with E-state index in [0.29, 0.717) is 17.3 Å². The van der Waals surface area contributed by atoms with Crippen LogP contribution in [-0.2, 0) is 17.7 Å². The molecule has 1 amide bonds. The number of hydrogen-bond donors (Lipinski definition) is 2. The molecule has 2 aromatic heterocycles. The summed E-state index contributed by atoms with van der Waals surface area (Å²) in [5.41, 5.74) is 0.576. The van der Waals surface area contributed by atoms with E-state index < -0.39 is 0 Å². The number of amides is 1. The van der Waals surface area contributed by atoms with Gasteiger partial charge in [-0.25, -0.2) is 4.98 Å². The van der Waals surface area contributed by atoms with Crippen LogP contribution in [0.2, 0.25) is 0 Å². The van der Waals surface area contributed by atoms with Crippen molar-refractivity contribution in [2.24, 2.45) is 0 Å². The molecule has 2 N–H and O–H groups in total. The lowest BCUT2D eigenvalue weighted by Crippen LogP contribution is -2.35. The molecular formula is C19H26N6O2. The number of hydrogen-bond acceptors (Lipinski definition) is 6. The predicted molar refractivity (Wildman–Crippen MR) is 101 cm³/mol. The number of carbonyl (C=O) groups is 1. The van der Waals surface area contributed by atoms with Crippen molar-refractivity contribution in [3.05, 3.63) is 35.5 Å². The van der Waals surface area contributed by atoms with Gasteiger partial charge in [-0.15, -0.1) is 10.2 Å². The molecule has 1 unspecified atom stereocenters. The van der Waals surface area contributed by atoms with Crippen LogP contribution in [0, 0.1) is 0 Å². The fraction of sp³-hybridized carbons (Fsp3) is 0.579. The highest BCUT2D eigenvalue weighted by Gasteiger charge is 2.27. The Morgan fingerprint density at radius 3 is 2.89 bits per heavy atom. The predicted octanol–water partition coefficient (Wildman–Crippen LogP) is 1.74. The van der Waals surface area contributed by atoms with Crippen LogP contribution in [0.25, 0.3) is 0 Å². The highest BCUT2D eigenvalue weighted by Crippen LogP contribution is 2.28. The number of fused-ring (bicyclic) bond motifs is 1. The van der Waals surface area contributed by atoms with Crippen LogP contribution >= 0.6 is 0 Å². The van der Waals surface area contributed by atoms with Gasteiger partial charge in [-0.3, -0.25) is 4.79 Å². The number of ether oxygens (including phenoxy) is 1. The average Bonchev–Trinajstić information content (AvgIpc) is 3.03. The summed E-state index contributed by atoms with van der Waals surface area (Å²) in [5.74, 6) is 3.07. The van der Waals surface area contributed by atoms with Crippen LogP contribution in [0.4, 0.5) is 5.82 Å². The number of aromatic nitrogens is 4. The van der Waals surface area contributed by atoms with Crippen molar-refractivity contribution >= 4 is 11.7 Å². The van der Waals surface area contributed by atoms with Crippen LogP contribution in [0.1, 0.15) is 53.6 Å². The Hall–Kier alpha value is -2.48. The smallest absolute Gasteiger partial charge is 0.255 e. The Labute approximate surface area is 158 Å². The number of anilines is 1. The van der Waals surface area contributed by atoms with Gasteiger partial charge in [0.25, 0.3) is 5.91 Å². The summed E-state index contributed by atoms with van der Waals surface area (Å²) in [6.07, 6.45) is 6.26. The fourth-order valence-corrected chi connectivity index (χ4v) is 3.96. The fourth-order valence-electron chi connectivity index (χ4n) is 3.96. The standard InChI is InChI=1S/C19H26N6O2/c1-20-17-15(3-2-9-21-17)19(26)22-14-4-5-16-23-24-18(25(16)10-6-14)13-7-11-27-12-8-13/h2-3,9,13-14H,4-8,10-12H2,1H3,(H,20,21)(H,22,26). The van der Waals surface area contributed by atoms with Crippen LogP contribution in [0.5, 0.6) is 0 Å². The average molecular weight is 370 g/mol. The van der Waals surface area contributed by atoms with Gasteiger partial charge in [-0.1, -0.05) is 0 Å². The number of nitrogens with zero attached hydrogens (tertiary/aromatic N) is 4. The van der Waals surface area contributed by atoms with Gasteiger partial charge >= 0.3 is 0 Å². The maximum atomic E-state index is 12.7. The molecule has 0 aromatic carbocycles. The largest absolute Gasteiger partial charge is 0.381 e. The molecule has 4 heterocycles. The topological polar surface area (TPSA) is 94.0 Å². The first kappa shape index (κ1) is 17.9. The molecule has 2 aliphatic heterocycles. The molecule has 0 saturated carbocycles. The summed E-state index contributed by atoms with van der Waals surface area (Å²) in [4.78, 5) is 16.9. The minimum atomic E-state index is -0.0835. The Bertz CT molecular complexity index is 799. The van der Waals surface area contributed by atoms with Crippen molar-refractivity contribution in [2.75, 3.05) is 25.6 Å². The van der Waals surface area contributed by atoms with Crippen LogP contribution < -0.4 is 10.6 Å². The molecule has 8 heteroatoms. The van der Waals surface area contributed by atoms with Gasteiger partial charge in [0.05, 0.1) is 5.56 Å². The zero-order valence-electron chi connectivity index (χ0n) is 15.6. The van der Waals surface area contributed by atoms with E-state index in [4.69, 9.17) is 4.74 Å². The minimum absolute atomic E-state index is 0.0835. The van der Waals surface area contributed by atoms with Crippen molar-refractivity contribution in [3.63, 3.8) is 0 Å². The van der Waals surface area contributed by atoms with Crippen molar-refractivity contribution in [3.8, 4) is 0 Å². The van der Waals surface area contributed by atoms with E-state index in [0.717, 1.165) is 63.5 Å². The summed E-state index contributed by atoms with van der Waals surface area (Å²) in [7, 11) is 1.77. The van der Waals surface area contributed by atoms with E-state index in [2.05, 4.69) is 30.4 Å². The van der Waals surface area contributed by atoms with Crippen molar-refractivity contribution < 1.29 is 9.53 Å². The summed E-state index contributed by atoms with van der Waals surface area (Å²) >= 11 is 0. The Kier molecular flexibility index (Phi) is 5.33. The van der Waals surface area contributed by atoms with Gasteiger partial charge < -0.3 is 19.9 Å². The zero-order chi connectivity index (χ0) is 18.6. The summed E-state index contributed by atoms with van der Waals surface area (Å²) in [5, 5.41) is 15.1. The van der Waals surface area contributed by atoms with Gasteiger partial charge in [0.2, 0.25) is 0 Å². The maximum Gasteiger partial charge on any atom is 0.255 e. The second-order valence-electron chi connectivity index (χ2n) is 7.16. The van der Waals surface area contributed by atoms with E-state index in [1.165, 1.54) is 0 Å². The number of carbonyl (C=O) groups excluding carboxylic acids is 1. The third-order valence-corrected chi connectivity index (χ3v) is 5.48. The summed E-state index contributed by atoms with van der Waals surface area (Å²) in [6.45, 7) is 2.43. The molecule has 4 rings (SSSR count). The zero-order valence-corrected chi connectivity index (χ0v) is 15.6. The first-order valence-corrected chi connectivity index (χ1v) is 9.69. The first-order chi connectivity index (χ1) is 13.3. The van der Waals surface area contributed by atoms with Crippen molar-refractivity contribution in [1.82, 2.24) is 25.1 Å². The van der Waals surface area contributed by atoms with E-state index in [9.17, 15) is 4.79 Å². The van der Waals surface area contributed by atoms with Gasteiger partial charge in [0, 0.05) is 51.4 Å². The molecule has 144 valence electrons. The molecule has 2 aromatic rings. The molecular weight excluding hydrogens is 344 g/mol. The summed E-state index contributed by atoms with van der Waals surface area (Å²) in [6, 6.07) is 3.69. The lowest BCUT2D eigenvalue weighted by molar-refractivity contribution is 0.0826. The molecule has 0 aliphatic carbocycles. The van der Waals surface area contributed by atoms with E-state index in [1.54, 1.807) is 25.4 Å². The van der Waals surface area contributed by atoms with Crippen molar-refractivity contribution in [2.45, 2.75) is 50.6 Å². The third-order valence-electron chi connectivity index (χ3n) is 5.48. The van der Waals surface area contributed by atoms with E-state index in [-0.39, 0.29) is 11.9 Å². The lowest BCUT2D eigenvalue weighted by atomic mass is 9.99. The molecule has 0 spiro atoms. The van der Waals surface area contributed by atoms with Crippen LogP contribution in [0.3, 0.4) is 0 Å². The molecule has 2 aliphatic rings. The highest BCUT2D eigenvalue weighted by molar-refractivity contribution is 5.98. The Morgan fingerprint density at radius 2 is 2.07 bits per heavy atom. The Morgan fingerprint density at radius 1 is 1.22 bits per heavy atom. The monoisotopic (exact) mass is 370 g/mol. The Balaban J connectivity index is 1.43. The minimum Gasteiger partial charge on any atom is -0.381 e. The van der Waals surface area contributed by atoms with Crippen LogP contribution in [0.15, 0.2) is 18.3 Å². The highest BCUT2D eigenvalue weighted by atomic mass is 16.5. The van der Waals surface area contributed by atoms with Gasteiger partial charge in [-0.05, 0) is 37.8 Å².